The van der Waals surface area contributed by atoms with E-state index < -0.39 is 21.5 Å². The molecule has 0 aliphatic carbocycles. The molecule has 0 unspecified atom stereocenters. The van der Waals surface area contributed by atoms with E-state index in [9.17, 15) is 22.0 Å². The number of sulfonamides is 1. The molecule has 1 spiro atoms. The summed E-state index contributed by atoms with van der Waals surface area (Å²) in [6.07, 6.45) is -1.85. The lowest BCUT2D eigenvalue weighted by Gasteiger charge is -2.37. The van der Waals surface area contributed by atoms with E-state index in [0.29, 0.717) is 38.4 Å². The zero-order valence-electron chi connectivity index (χ0n) is 17.4. The van der Waals surface area contributed by atoms with E-state index in [1.54, 1.807) is 29.2 Å². The third-order valence-electron chi connectivity index (χ3n) is 6.09. The van der Waals surface area contributed by atoms with Crippen molar-refractivity contribution in [2.45, 2.75) is 37.2 Å². The molecule has 0 radical (unpaired) electrons. The molecule has 2 aliphatic rings. The van der Waals surface area contributed by atoms with Crippen LogP contribution >= 0.6 is 11.6 Å². The van der Waals surface area contributed by atoms with Crippen LogP contribution in [0.1, 0.15) is 26.2 Å². The lowest BCUT2D eigenvalue weighted by atomic mass is 9.77. The Morgan fingerprint density at radius 1 is 1.00 bits per heavy atom. The molecule has 0 aromatic heterocycles. The fourth-order valence-corrected chi connectivity index (χ4v) is 6.31. The van der Waals surface area contributed by atoms with E-state index in [1.807, 2.05) is 0 Å². The van der Waals surface area contributed by atoms with Crippen molar-refractivity contribution in [1.82, 2.24) is 4.31 Å². The number of alkyl halides is 2. The van der Waals surface area contributed by atoms with Crippen LogP contribution in [0.2, 0.25) is 5.02 Å². The third kappa shape index (κ3) is 4.33. The number of benzene rings is 2. The number of piperidine rings is 1. The van der Waals surface area contributed by atoms with Crippen LogP contribution in [-0.2, 0) is 14.8 Å². The van der Waals surface area contributed by atoms with Gasteiger partial charge in [0.05, 0.1) is 10.4 Å². The molecule has 0 bridgehead atoms. The highest BCUT2D eigenvalue weighted by Gasteiger charge is 2.50. The maximum atomic E-state index is 13.3. The number of ether oxygens (including phenoxy) is 1. The predicted octanol–water partition coefficient (Wildman–Crippen LogP) is 4.54. The first-order chi connectivity index (χ1) is 15.0. The number of halogens is 3. The Hall–Kier alpha value is -2.23. The highest BCUT2D eigenvalue weighted by Crippen LogP contribution is 2.44. The fourth-order valence-electron chi connectivity index (χ4n) is 4.38. The van der Waals surface area contributed by atoms with Gasteiger partial charge in [-0.1, -0.05) is 23.7 Å². The first-order valence-electron chi connectivity index (χ1n) is 10.3. The quantitative estimate of drug-likeness (QED) is 0.625. The van der Waals surface area contributed by atoms with Gasteiger partial charge in [-0.15, -0.1) is 0 Å². The molecular formula is C22H23ClF2N2O4S. The number of anilines is 1. The van der Waals surface area contributed by atoms with Gasteiger partial charge in [0.25, 0.3) is 0 Å². The molecule has 0 N–H and O–H groups in total. The fraction of sp³-hybridized carbons (Fsp3) is 0.409. The van der Waals surface area contributed by atoms with Gasteiger partial charge in [0, 0.05) is 32.2 Å². The van der Waals surface area contributed by atoms with Gasteiger partial charge in [-0.3, -0.25) is 4.79 Å². The van der Waals surface area contributed by atoms with Gasteiger partial charge in [-0.25, -0.2) is 8.42 Å². The van der Waals surface area contributed by atoms with Gasteiger partial charge in [0.1, 0.15) is 10.6 Å². The summed E-state index contributed by atoms with van der Waals surface area (Å²) in [6, 6.07) is 12.3. The summed E-state index contributed by atoms with van der Waals surface area (Å²) in [7, 11) is -3.74. The van der Waals surface area contributed by atoms with Crippen LogP contribution in [0.3, 0.4) is 0 Å². The van der Waals surface area contributed by atoms with Crippen molar-refractivity contribution < 1.29 is 26.7 Å². The molecule has 10 heteroatoms. The van der Waals surface area contributed by atoms with E-state index in [0.717, 1.165) is 0 Å². The smallest absolute Gasteiger partial charge is 0.394 e. The Labute approximate surface area is 190 Å². The molecule has 172 valence electrons. The summed E-state index contributed by atoms with van der Waals surface area (Å²) in [5.41, 5.74) is -0.0252. The van der Waals surface area contributed by atoms with Crippen LogP contribution in [0.15, 0.2) is 53.4 Å². The number of carbonyl (C=O) groups is 1. The molecule has 2 fully saturated rings. The summed E-state index contributed by atoms with van der Waals surface area (Å²) in [5.74, 6) is -0.0533. The van der Waals surface area contributed by atoms with Crippen molar-refractivity contribution in [3.63, 3.8) is 0 Å². The first-order valence-corrected chi connectivity index (χ1v) is 12.1. The minimum atomic E-state index is -3.74. The third-order valence-corrected chi connectivity index (χ3v) is 8.49. The number of hydrogen-bond acceptors (Lipinski definition) is 4. The van der Waals surface area contributed by atoms with Crippen LogP contribution in [-0.4, -0.2) is 44.4 Å². The van der Waals surface area contributed by atoms with E-state index >= 15 is 0 Å². The van der Waals surface area contributed by atoms with E-state index in [1.165, 1.54) is 28.6 Å². The monoisotopic (exact) mass is 484 g/mol. The molecule has 0 saturated carbocycles. The average molecular weight is 485 g/mol. The Balaban J connectivity index is 1.45. The molecule has 32 heavy (non-hydrogen) atoms. The topological polar surface area (TPSA) is 66.9 Å². The number of hydrogen-bond donors (Lipinski definition) is 0. The van der Waals surface area contributed by atoms with Crippen LogP contribution in [0, 0.1) is 5.41 Å². The molecule has 1 amide bonds. The van der Waals surface area contributed by atoms with Crippen molar-refractivity contribution in [1.29, 1.82) is 0 Å². The van der Waals surface area contributed by atoms with Gasteiger partial charge in [0.2, 0.25) is 15.9 Å². The summed E-state index contributed by atoms with van der Waals surface area (Å²) in [4.78, 5) is 15.0. The molecule has 2 saturated heterocycles. The number of carbonyl (C=O) groups excluding carboxylic acids is 1. The molecule has 6 nitrogen and oxygen atoms in total. The van der Waals surface area contributed by atoms with Crippen molar-refractivity contribution in [3.05, 3.63) is 53.6 Å². The normalized spacial score (nSPS) is 19.5. The second-order valence-electron chi connectivity index (χ2n) is 8.23. The second-order valence-corrected chi connectivity index (χ2v) is 10.5. The van der Waals surface area contributed by atoms with Crippen molar-refractivity contribution in [2.75, 3.05) is 24.5 Å². The van der Waals surface area contributed by atoms with Crippen molar-refractivity contribution in [3.8, 4) is 5.75 Å². The lowest BCUT2D eigenvalue weighted by molar-refractivity contribution is -0.158. The van der Waals surface area contributed by atoms with Gasteiger partial charge in [-0.2, -0.15) is 13.1 Å². The summed E-state index contributed by atoms with van der Waals surface area (Å²) in [6.45, 7) is 1.60. The lowest BCUT2D eigenvalue weighted by Crippen LogP contribution is -2.46. The van der Waals surface area contributed by atoms with Crippen molar-refractivity contribution >= 4 is 33.2 Å². The van der Waals surface area contributed by atoms with Crippen LogP contribution in [0.5, 0.6) is 5.75 Å². The van der Waals surface area contributed by atoms with Crippen molar-refractivity contribution in [2.24, 2.45) is 5.41 Å². The Morgan fingerprint density at radius 2 is 1.59 bits per heavy atom. The zero-order chi connectivity index (χ0) is 23.1. The van der Waals surface area contributed by atoms with Gasteiger partial charge >= 0.3 is 6.11 Å². The molecule has 2 aliphatic heterocycles. The molecule has 0 atom stereocenters. The average Bonchev–Trinajstić information content (AvgIpc) is 3.04. The standard InChI is InChI=1S/C22H23ClF2N2O4S/c1-21(24,25)31-17-8-6-16(7-9-17)27-15-12-22(20(27)28)10-13-26(14-11-22)32(29,30)19-5-3-2-4-18(19)23/h2-9H,10-15H2,1H3. The molecule has 2 aromatic rings. The minimum absolute atomic E-state index is 0.0145. The van der Waals surface area contributed by atoms with Gasteiger partial charge < -0.3 is 9.64 Å². The Morgan fingerprint density at radius 3 is 2.19 bits per heavy atom. The summed E-state index contributed by atoms with van der Waals surface area (Å²) in [5, 5.41) is 0.171. The Bertz CT molecular complexity index is 1110. The van der Waals surface area contributed by atoms with E-state index in [2.05, 4.69) is 4.74 Å². The highest BCUT2D eigenvalue weighted by atomic mass is 35.5. The minimum Gasteiger partial charge on any atom is -0.433 e. The molecule has 4 rings (SSSR count). The predicted molar refractivity (Wildman–Crippen MR) is 117 cm³/mol. The zero-order valence-corrected chi connectivity index (χ0v) is 19.0. The van der Waals surface area contributed by atoms with Crippen LogP contribution < -0.4 is 9.64 Å². The highest BCUT2D eigenvalue weighted by molar-refractivity contribution is 7.89. The van der Waals surface area contributed by atoms with E-state index in [4.69, 9.17) is 11.6 Å². The van der Waals surface area contributed by atoms with Gasteiger partial charge in [-0.05, 0) is 55.7 Å². The maximum Gasteiger partial charge on any atom is 0.394 e. The second kappa shape index (κ2) is 8.28. The van der Waals surface area contributed by atoms with Crippen LogP contribution in [0.4, 0.5) is 14.5 Å². The number of rotatable bonds is 5. The molecule has 2 heterocycles. The first kappa shape index (κ1) is 22.9. The summed E-state index contributed by atoms with van der Waals surface area (Å²) < 4.78 is 57.9. The summed E-state index contributed by atoms with van der Waals surface area (Å²) >= 11 is 6.09. The number of nitrogens with zero attached hydrogens (tertiary/aromatic N) is 2. The van der Waals surface area contributed by atoms with Crippen LogP contribution in [0.25, 0.3) is 0 Å². The molecule has 2 aromatic carbocycles. The van der Waals surface area contributed by atoms with E-state index in [-0.39, 0.29) is 34.7 Å². The maximum absolute atomic E-state index is 13.3. The van der Waals surface area contributed by atoms with Gasteiger partial charge in [0.15, 0.2) is 0 Å². The number of amides is 1. The largest absolute Gasteiger partial charge is 0.433 e. The Kier molecular flexibility index (Phi) is 5.94. The SMILES string of the molecule is CC(F)(F)Oc1ccc(N2CCC3(CCN(S(=O)(=O)c4ccccc4Cl)CC3)C2=O)cc1. The molecular weight excluding hydrogens is 462 g/mol.